The molecule has 4 N–H and O–H groups in total. The lowest BCUT2D eigenvalue weighted by atomic mass is 10.2. The molecule has 1 aromatic heterocycles. The number of aromatic nitrogens is 2. The Kier molecular flexibility index (Phi) is 3.94. The molecule has 0 aliphatic carbocycles. The molecule has 0 fully saturated rings. The number of hydrogen-bond donors (Lipinski definition) is 3. The first-order chi connectivity index (χ1) is 8.72. The fourth-order valence-electron chi connectivity index (χ4n) is 1.81. The summed E-state index contributed by atoms with van der Waals surface area (Å²) in [5, 5.41) is 2.83. The minimum Gasteiger partial charge on any atom is -0.352 e. The highest BCUT2D eigenvalue weighted by atomic mass is 16.1. The van der Waals surface area contributed by atoms with Crippen LogP contribution in [0.3, 0.4) is 0 Å². The summed E-state index contributed by atoms with van der Waals surface area (Å²) in [6, 6.07) is 5.96. The van der Waals surface area contributed by atoms with E-state index in [-0.39, 0.29) is 5.91 Å². The predicted molar refractivity (Wildman–Crippen MR) is 71.0 cm³/mol. The first kappa shape index (κ1) is 12.6. The number of nitrogens with one attached hydrogen (secondary N) is 2. The molecule has 0 radical (unpaired) electrons. The number of amides is 1. The zero-order chi connectivity index (χ0) is 13.0. The molecule has 0 aliphatic rings. The molecule has 1 heterocycles. The summed E-state index contributed by atoms with van der Waals surface area (Å²) in [6.07, 6.45) is 1.25. The quantitative estimate of drug-likeness (QED) is 0.738. The molecule has 0 unspecified atom stereocenters. The smallest absolute Gasteiger partial charge is 0.221 e. The van der Waals surface area contributed by atoms with Gasteiger partial charge in [0.1, 0.15) is 5.82 Å². The number of carbonyl (C=O) groups excluding carboxylic acids is 1. The summed E-state index contributed by atoms with van der Waals surface area (Å²) in [4.78, 5) is 19.0. The topological polar surface area (TPSA) is 83.8 Å². The maximum atomic E-state index is 11.3. The lowest BCUT2D eigenvalue weighted by Crippen LogP contribution is -2.24. The third kappa shape index (κ3) is 2.87. The van der Waals surface area contributed by atoms with Gasteiger partial charge in [-0.15, -0.1) is 0 Å². The lowest BCUT2D eigenvalue weighted by Gasteiger charge is -2.04. The second kappa shape index (κ2) is 5.64. The van der Waals surface area contributed by atoms with Crippen molar-refractivity contribution in [1.29, 1.82) is 0 Å². The molecular weight excluding hydrogens is 228 g/mol. The molecule has 1 aromatic carbocycles. The molecule has 0 bridgehead atoms. The number of imidazole rings is 1. The van der Waals surface area contributed by atoms with E-state index >= 15 is 0 Å². The normalized spacial score (nSPS) is 10.8. The van der Waals surface area contributed by atoms with Crippen LogP contribution in [0.1, 0.15) is 24.7 Å². The number of carbonyl (C=O) groups is 1. The number of nitrogens with zero attached hydrogens (tertiary/aromatic N) is 1. The summed E-state index contributed by atoms with van der Waals surface area (Å²) in [5.41, 5.74) is 8.34. The Morgan fingerprint density at radius 1 is 1.50 bits per heavy atom. The molecule has 1 amide bonds. The number of aryl methyl sites for hydroxylation is 1. The SMILES string of the molecule is CCc1nc2ccc(CNC(=O)CCN)cc2[nH]1. The van der Waals surface area contributed by atoms with Crippen molar-refractivity contribution in [1.82, 2.24) is 15.3 Å². The number of nitrogens with two attached hydrogens (primary N) is 1. The number of H-pyrrole nitrogens is 1. The zero-order valence-electron chi connectivity index (χ0n) is 10.5. The Balaban J connectivity index is 2.07. The molecule has 0 saturated carbocycles. The van der Waals surface area contributed by atoms with Crippen molar-refractivity contribution in [2.75, 3.05) is 6.54 Å². The van der Waals surface area contributed by atoms with Crippen LogP contribution in [-0.2, 0) is 17.8 Å². The van der Waals surface area contributed by atoms with Gasteiger partial charge in [0.2, 0.25) is 5.91 Å². The van der Waals surface area contributed by atoms with Gasteiger partial charge in [-0.1, -0.05) is 13.0 Å². The molecule has 18 heavy (non-hydrogen) atoms. The number of hydrogen-bond acceptors (Lipinski definition) is 3. The molecule has 0 spiro atoms. The van der Waals surface area contributed by atoms with Crippen LogP contribution in [0.15, 0.2) is 18.2 Å². The molecule has 96 valence electrons. The average molecular weight is 246 g/mol. The summed E-state index contributed by atoms with van der Waals surface area (Å²) < 4.78 is 0. The van der Waals surface area contributed by atoms with Crippen LogP contribution in [0.4, 0.5) is 0 Å². The van der Waals surface area contributed by atoms with E-state index < -0.39 is 0 Å². The highest BCUT2D eigenvalue weighted by molar-refractivity contribution is 5.77. The fourth-order valence-corrected chi connectivity index (χ4v) is 1.81. The van der Waals surface area contributed by atoms with Gasteiger partial charge < -0.3 is 16.0 Å². The van der Waals surface area contributed by atoms with E-state index in [9.17, 15) is 4.79 Å². The van der Waals surface area contributed by atoms with Gasteiger partial charge in [-0.2, -0.15) is 0 Å². The van der Waals surface area contributed by atoms with Crippen molar-refractivity contribution in [2.45, 2.75) is 26.3 Å². The van der Waals surface area contributed by atoms with E-state index in [1.807, 2.05) is 18.2 Å². The first-order valence-corrected chi connectivity index (χ1v) is 6.17. The lowest BCUT2D eigenvalue weighted by molar-refractivity contribution is -0.121. The Morgan fingerprint density at radius 2 is 2.33 bits per heavy atom. The van der Waals surface area contributed by atoms with Gasteiger partial charge in [-0.3, -0.25) is 4.79 Å². The molecule has 5 heteroatoms. The zero-order valence-corrected chi connectivity index (χ0v) is 10.5. The number of fused-ring (bicyclic) bond motifs is 1. The molecular formula is C13H18N4O. The van der Waals surface area contributed by atoms with Gasteiger partial charge in [0.05, 0.1) is 11.0 Å². The van der Waals surface area contributed by atoms with Gasteiger partial charge >= 0.3 is 0 Å². The summed E-state index contributed by atoms with van der Waals surface area (Å²) in [5.74, 6) is 0.964. The maximum Gasteiger partial charge on any atom is 0.221 e. The van der Waals surface area contributed by atoms with Crippen molar-refractivity contribution in [3.8, 4) is 0 Å². The maximum absolute atomic E-state index is 11.3. The number of benzene rings is 1. The standard InChI is InChI=1S/C13H18N4O/c1-2-12-16-10-4-3-9(7-11(10)17-12)8-15-13(18)5-6-14/h3-4,7H,2,5-6,8,14H2,1H3,(H,15,18)(H,16,17). The highest BCUT2D eigenvalue weighted by Crippen LogP contribution is 2.14. The number of aromatic amines is 1. The average Bonchev–Trinajstić information content (AvgIpc) is 2.78. The van der Waals surface area contributed by atoms with Crippen LogP contribution in [0.25, 0.3) is 11.0 Å². The Hall–Kier alpha value is -1.88. The van der Waals surface area contributed by atoms with Crippen molar-refractivity contribution >= 4 is 16.9 Å². The Bertz CT molecular complexity index is 547. The van der Waals surface area contributed by atoms with Gasteiger partial charge in [0.15, 0.2) is 0 Å². The van der Waals surface area contributed by atoms with Gasteiger partial charge in [-0.25, -0.2) is 4.98 Å². The summed E-state index contributed by atoms with van der Waals surface area (Å²) in [7, 11) is 0. The van der Waals surface area contributed by atoms with E-state index in [0.29, 0.717) is 19.5 Å². The Labute approximate surface area is 106 Å². The second-order valence-electron chi connectivity index (χ2n) is 4.20. The fraction of sp³-hybridized carbons (Fsp3) is 0.385. The molecule has 0 saturated heterocycles. The second-order valence-corrected chi connectivity index (χ2v) is 4.20. The minimum absolute atomic E-state index is 0.0172. The van der Waals surface area contributed by atoms with Crippen LogP contribution in [0.5, 0.6) is 0 Å². The number of rotatable bonds is 5. The molecule has 2 rings (SSSR count). The minimum atomic E-state index is -0.0172. The monoisotopic (exact) mass is 246 g/mol. The van der Waals surface area contributed by atoms with E-state index in [0.717, 1.165) is 28.8 Å². The van der Waals surface area contributed by atoms with Crippen LogP contribution in [0, 0.1) is 0 Å². The van der Waals surface area contributed by atoms with Crippen LogP contribution < -0.4 is 11.1 Å². The van der Waals surface area contributed by atoms with Gasteiger partial charge in [-0.05, 0) is 17.7 Å². The van der Waals surface area contributed by atoms with Crippen molar-refractivity contribution in [3.05, 3.63) is 29.6 Å². The predicted octanol–water partition coefficient (Wildman–Crippen LogP) is 1.09. The highest BCUT2D eigenvalue weighted by Gasteiger charge is 2.03. The van der Waals surface area contributed by atoms with Crippen molar-refractivity contribution in [2.24, 2.45) is 5.73 Å². The van der Waals surface area contributed by atoms with Crippen molar-refractivity contribution in [3.63, 3.8) is 0 Å². The summed E-state index contributed by atoms with van der Waals surface area (Å²) in [6.45, 7) is 2.96. The molecule has 0 atom stereocenters. The largest absolute Gasteiger partial charge is 0.352 e. The van der Waals surface area contributed by atoms with Crippen LogP contribution in [-0.4, -0.2) is 22.4 Å². The van der Waals surface area contributed by atoms with E-state index in [4.69, 9.17) is 5.73 Å². The molecule has 0 aliphatic heterocycles. The third-order valence-electron chi connectivity index (χ3n) is 2.79. The van der Waals surface area contributed by atoms with Gasteiger partial charge in [0, 0.05) is 25.9 Å². The van der Waals surface area contributed by atoms with Gasteiger partial charge in [0.25, 0.3) is 0 Å². The van der Waals surface area contributed by atoms with Crippen LogP contribution in [0.2, 0.25) is 0 Å². The Morgan fingerprint density at radius 3 is 3.06 bits per heavy atom. The first-order valence-electron chi connectivity index (χ1n) is 6.17. The van der Waals surface area contributed by atoms with E-state index in [1.165, 1.54) is 0 Å². The van der Waals surface area contributed by atoms with Crippen molar-refractivity contribution < 1.29 is 4.79 Å². The van der Waals surface area contributed by atoms with E-state index in [2.05, 4.69) is 22.2 Å². The van der Waals surface area contributed by atoms with E-state index in [1.54, 1.807) is 0 Å². The van der Waals surface area contributed by atoms with Crippen LogP contribution >= 0.6 is 0 Å². The summed E-state index contributed by atoms with van der Waals surface area (Å²) >= 11 is 0. The molecule has 2 aromatic rings. The molecule has 5 nitrogen and oxygen atoms in total. The third-order valence-corrected chi connectivity index (χ3v) is 2.79.